The minimum atomic E-state index is -0.575. The molecule has 5 nitrogen and oxygen atoms in total. The van der Waals surface area contributed by atoms with Gasteiger partial charge in [-0.2, -0.15) is 0 Å². The van der Waals surface area contributed by atoms with Crippen LogP contribution in [0.2, 0.25) is 0 Å². The van der Waals surface area contributed by atoms with Crippen molar-refractivity contribution in [2.45, 2.75) is 52.8 Å². The number of carbonyl (C=O) groups is 2. The average Bonchev–Trinajstić information content (AvgIpc) is 2.43. The van der Waals surface area contributed by atoms with Gasteiger partial charge in [-0.25, -0.2) is 0 Å². The SMILES string of the molecule is CC1Oc2ccccc2N(CC(=O)N(C(C)C)C(C)C)C1=O. The number of fused-ring (bicyclic) bond motifs is 1. The van der Waals surface area contributed by atoms with Crippen LogP contribution in [0.25, 0.3) is 0 Å². The predicted molar refractivity (Wildman–Crippen MR) is 86.0 cm³/mol. The van der Waals surface area contributed by atoms with Gasteiger partial charge in [0.15, 0.2) is 6.10 Å². The van der Waals surface area contributed by atoms with E-state index >= 15 is 0 Å². The standard InChI is InChI=1S/C17H24N2O3/c1-11(2)19(12(3)4)16(20)10-18-14-8-6-7-9-15(14)22-13(5)17(18)21/h6-9,11-13H,10H2,1-5H3. The third kappa shape index (κ3) is 3.08. The average molecular weight is 304 g/mol. The molecular formula is C17H24N2O3. The first-order chi connectivity index (χ1) is 10.3. The molecule has 1 aliphatic heterocycles. The second-order valence-corrected chi connectivity index (χ2v) is 6.14. The van der Waals surface area contributed by atoms with Crippen molar-refractivity contribution >= 4 is 17.5 Å². The van der Waals surface area contributed by atoms with Crippen LogP contribution in [-0.2, 0) is 9.59 Å². The maximum Gasteiger partial charge on any atom is 0.268 e. The van der Waals surface area contributed by atoms with E-state index < -0.39 is 6.10 Å². The van der Waals surface area contributed by atoms with Crippen molar-refractivity contribution in [3.8, 4) is 5.75 Å². The fourth-order valence-electron chi connectivity index (χ4n) is 2.91. The summed E-state index contributed by atoms with van der Waals surface area (Å²) in [6.45, 7) is 9.68. The molecule has 1 heterocycles. The summed E-state index contributed by atoms with van der Waals surface area (Å²) in [5, 5.41) is 0. The molecule has 22 heavy (non-hydrogen) atoms. The van der Waals surface area contributed by atoms with Gasteiger partial charge in [-0.1, -0.05) is 12.1 Å². The highest BCUT2D eigenvalue weighted by Crippen LogP contribution is 2.33. The quantitative estimate of drug-likeness (QED) is 0.858. The van der Waals surface area contributed by atoms with Crippen LogP contribution in [0.15, 0.2) is 24.3 Å². The highest BCUT2D eigenvalue weighted by atomic mass is 16.5. The summed E-state index contributed by atoms with van der Waals surface area (Å²) in [6, 6.07) is 7.51. The summed E-state index contributed by atoms with van der Waals surface area (Å²) >= 11 is 0. The van der Waals surface area contributed by atoms with Crippen LogP contribution in [-0.4, -0.2) is 41.4 Å². The van der Waals surface area contributed by atoms with E-state index in [4.69, 9.17) is 4.74 Å². The van der Waals surface area contributed by atoms with Gasteiger partial charge in [-0.05, 0) is 46.8 Å². The van der Waals surface area contributed by atoms with Crippen LogP contribution >= 0.6 is 0 Å². The molecule has 2 rings (SSSR count). The van der Waals surface area contributed by atoms with E-state index in [2.05, 4.69) is 0 Å². The Kier molecular flexibility index (Phi) is 4.74. The molecule has 120 valence electrons. The van der Waals surface area contributed by atoms with Crippen molar-refractivity contribution in [1.29, 1.82) is 0 Å². The van der Waals surface area contributed by atoms with E-state index in [-0.39, 0.29) is 30.4 Å². The highest BCUT2D eigenvalue weighted by molar-refractivity contribution is 6.03. The first-order valence-electron chi connectivity index (χ1n) is 7.71. The second kappa shape index (κ2) is 6.38. The summed E-state index contributed by atoms with van der Waals surface area (Å²) in [5.74, 6) is 0.407. The van der Waals surface area contributed by atoms with Crippen molar-refractivity contribution in [2.75, 3.05) is 11.4 Å². The van der Waals surface area contributed by atoms with Crippen LogP contribution in [0.1, 0.15) is 34.6 Å². The number of ether oxygens (including phenoxy) is 1. The van der Waals surface area contributed by atoms with E-state index in [1.807, 2.05) is 52.0 Å². The number of anilines is 1. The van der Waals surface area contributed by atoms with Crippen molar-refractivity contribution in [3.63, 3.8) is 0 Å². The molecule has 1 atom stereocenters. The number of nitrogens with zero attached hydrogens (tertiary/aromatic N) is 2. The topological polar surface area (TPSA) is 49.9 Å². The molecule has 1 unspecified atom stereocenters. The number of amides is 2. The molecule has 0 spiro atoms. The summed E-state index contributed by atoms with van der Waals surface area (Å²) in [6.07, 6.45) is -0.575. The van der Waals surface area contributed by atoms with Gasteiger partial charge in [0, 0.05) is 12.1 Å². The van der Waals surface area contributed by atoms with Gasteiger partial charge in [0.25, 0.3) is 5.91 Å². The molecule has 1 aromatic rings. The zero-order valence-corrected chi connectivity index (χ0v) is 13.9. The minimum Gasteiger partial charge on any atom is -0.479 e. The maximum absolute atomic E-state index is 12.6. The van der Waals surface area contributed by atoms with Gasteiger partial charge < -0.3 is 9.64 Å². The van der Waals surface area contributed by atoms with Crippen molar-refractivity contribution in [1.82, 2.24) is 4.90 Å². The molecule has 0 aliphatic carbocycles. The predicted octanol–water partition coefficient (Wildman–Crippen LogP) is 2.45. The maximum atomic E-state index is 12.6. The van der Waals surface area contributed by atoms with Gasteiger partial charge in [0.1, 0.15) is 12.3 Å². The molecule has 0 saturated heterocycles. The Morgan fingerprint density at radius 1 is 1.23 bits per heavy atom. The Morgan fingerprint density at radius 2 is 1.82 bits per heavy atom. The summed E-state index contributed by atoms with van der Waals surface area (Å²) in [4.78, 5) is 28.4. The third-order valence-corrected chi connectivity index (χ3v) is 3.77. The van der Waals surface area contributed by atoms with E-state index in [0.29, 0.717) is 11.4 Å². The Balaban J connectivity index is 2.28. The van der Waals surface area contributed by atoms with Gasteiger partial charge in [-0.3, -0.25) is 14.5 Å². The number of benzene rings is 1. The lowest BCUT2D eigenvalue weighted by Crippen LogP contribution is -2.52. The summed E-state index contributed by atoms with van der Waals surface area (Å²) in [7, 11) is 0. The number of rotatable bonds is 4. The molecule has 0 radical (unpaired) electrons. The van der Waals surface area contributed by atoms with Crippen LogP contribution in [0.4, 0.5) is 5.69 Å². The monoisotopic (exact) mass is 304 g/mol. The van der Waals surface area contributed by atoms with Gasteiger partial charge in [-0.15, -0.1) is 0 Å². The molecule has 0 fully saturated rings. The third-order valence-electron chi connectivity index (χ3n) is 3.77. The van der Waals surface area contributed by atoms with Crippen molar-refractivity contribution < 1.29 is 14.3 Å². The second-order valence-electron chi connectivity index (χ2n) is 6.14. The lowest BCUT2D eigenvalue weighted by molar-refractivity contribution is -0.135. The molecule has 5 heteroatoms. The van der Waals surface area contributed by atoms with Gasteiger partial charge >= 0.3 is 0 Å². The van der Waals surface area contributed by atoms with E-state index in [1.165, 1.54) is 4.90 Å². The van der Waals surface area contributed by atoms with Crippen LogP contribution in [0, 0.1) is 0 Å². The largest absolute Gasteiger partial charge is 0.479 e. The summed E-state index contributed by atoms with van der Waals surface area (Å²) < 4.78 is 5.60. The van der Waals surface area contributed by atoms with E-state index in [0.717, 1.165) is 0 Å². The molecule has 1 aliphatic rings. The van der Waals surface area contributed by atoms with E-state index in [1.54, 1.807) is 11.8 Å². The van der Waals surface area contributed by atoms with Crippen molar-refractivity contribution in [3.05, 3.63) is 24.3 Å². The number of hydrogen-bond donors (Lipinski definition) is 0. The Hall–Kier alpha value is -2.04. The Labute approximate surface area is 131 Å². The van der Waals surface area contributed by atoms with Crippen LogP contribution in [0.5, 0.6) is 5.75 Å². The zero-order chi connectivity index (χ0) is 16.4. The normalized spacial score (nSPS) is 17.5. The fraction of sp³-hybridized carbons (Fsp3) is 0.529. The lowest BCUT2D eigenvalue weighted by atomic mass is 10.1. The Morgan fingerprint density at radius 3 is 2.41 bits per heavy atom. The zero-order valence-electron chi connectivity index (χ0n) is 13.9. The first-order valence-corrected chi connectivity index (χ1v) is 7.71. The Bertz CT molecular complexity index is 561. The van der Waals surface area contributed by atoms with Crippen molar-refractivity contribution in [2.24, 2.45) is 0 Å². The first kappa shape index (κ1) is 16.3. The molecular weight excluding hydrogens is 280 g/mol. The van der Waals surface area contributed by atoms with Gasteiger partial charge in [0.05, 0.1) is 5.69 Å². The minimum absolute atomic E-state index is 0.0416. The fourth-order valence-corrected chi connectivity index (χ4v) is 2.91. The smallest absolute Gasteiger partial charge is 0.268 e. The molecule has 0 aromatic heterocycles. The molecule has 0 bridgehead atoms. The number of para-hydroxylation sites is 2. The number of hydrogen-bond acceptors (Lipinski definition) is 3. The molecule has 2 amide bonds. The lowest BCUT2D eigenvalue weighted by Gasteiger charge is -2.36. The highest BCUT2D eigenvalue weighted by Gasteiger charge is 2.34. The van der Waals surface area contributed by atoms with E-state index in [9.17, 15) is 9.59 Å². The molecule has 0 saturated carbocycles. The number of carbonyl (C=O) groups excluding carboxylic acids is 2. The molecule has 1 aromatic carbocycles. The van der Waals surface area contributed by atoms with Crippen LogP contribution in [0.3, 0.4) is 0 Å². The summed E-state index contributed by atoms with van der Waals surface area (Å²) in [5.41, 5.74) is 0.659. The van der Waals surface area contributed by atoms with Gasteiger partial charge in [0.2, 0.25) is 5.91 Å². The van der Waals surface area contributed by atoms with Crippen LogP contribution < -0.4 is 9.64 Å². The molecule has 0 N–H and O–H groups in total.